The molecule has 104 valence electrons. The smallest absolute Gasteiger partial charge is 0.123 e. The van der Waals surface area contributed by atoms with Crippen LogP contribution in [0.5, 0.6) is 5.75 Å². The summed E-state index contributed by atoms with van der Waals surface area (Å²) in [5.74, 6) is 0.881. The molecule has 0 amide bonds. The maximum Gasteiger partial charge on any atom is 0.123 e. The van der Waals surface area contributed by atoms with Gasteiger partial charge in [-0.15, -0.1) is 0 Å². The molecule has 0 bridgehead atoms. The molecule has 0 aromatic heterocycles. The van der Waals surface area contributed by atoms with Crippen LogP contribution in [0.2, 0.25) is 0 Å². The van der Waals surface area contributed by atoms with Crippen molar-refractivity contribution in [2.45, 2.75) is 20.4 Å². The molecule has 0 aliphatic heterocycles. The summed E-state index contributed by atoms with van der Waals surface area (Å²) in [4.78, 5) is 0. The van der Waals surface area contributed by atoms with Gasteiger partial charge < -0.3 is 10.1 Å². The van der Waals surface area contributed by atoms with E-state index < -0.39 is 0 Å². The molecule has 1 N–H and O–H groups in total. The third-order valence-corrected chi connectivity index (χ3v) is 3.39. The zero-order valence-corrected chi connectivity index (χ0v) is 12.2. The van der Waals surface area contributed by atoms with Crippen molar-refractivity contribution in [1.82, 2.24) is 5.32 Å². The van der Waals surface area contributed by atoms with Crippen LogP contribution in [-0.4, -0.2) is 13.7 Å². The molecular weight excluding hydrogens is 248 g/mol. The maximum absolute atomic E-state index is 9.05. The summed E-state index contributed by atoms with van der Waals surface area (Å²) in [5.41, 5.74) is 0.775. The van der Waals surface area contributed by atoms with Crippen LogP contribution in [0.4, 0.5) is 0 Å². The fourth-order valence-electron chi connectivity index (χ4n) is 2.23. The SMILES string of the molecule is COc1ccc2ccccc2c1CNCC(C)(C)C#N. The summed E-state index contributed by atoms with van der Waals surface area (Å²) >= 11 is 0. The first-order chi connectivity index (χ1) is 9.57. The third-order valence-electron chi connectivity index (χ3n) is 3.39. The fraction of sp³-hybridized carbons (Fsp3) is 0.353. The van der Waals surface area contributed by atoms with Crippen LogP contribution in [0, 0.1) is 16.7 Å². The molecule has 0 heterocycles. The van der Waals surface area contributed by atoms with Gasteiger partial charge in [0.15, 0.2) is 0 Å². The Kier molecular flexibility index (Phi) is 4.26. The zero-order chi connectivity index (χ0) is 14.6. The minimum atomic E-state index is -0.363. The summed E-state index contributed by atoms with van der Waals surface area (Å²) in [5, 5.41) is 14.8. The molecule has 0 saturated heterocycles. The van der Waals surface area contributed by atoms with Crippen LogP contribution in [0.15, 0.2) is 36.4 Å². The number of hydrogen-bond acceptors (Lipinski definition) is 3. The van der Waals surface area contributed by atoms with Gasteiger partial charge in [-0.05, 0) is 30.7 Å². The van der Waals surface area contributed by atoms with E-state index in [9.17, 15) is 0 Å². The van der Waals surface area contributed by atoms with Crippen LogP contribution in [0.25, 0.3) is 10.8 Å². The Hall–Kier alpha value is -2.05. The van der Waals surface area contributed by atoms with E-state index in [0.717, 1.165) is 11.3 Å². The minimum absolute atomic E-state index is 0.363. The first-order valence-corrected chi connectivity index (χ1v) is 6.74. The van der Waals surface area contributed by atoms with Crippen molar-refractivity contribution in [3.05, 3.63) is 42.0 Å². The van der Waals surface area contributed by atoms with Gasteiger partial charge >= 0.3 is 0 Å². The number of fused-ring (bicyclic) bond motifs is 1. The monoisotopic (exact) mass is 268 g/mol. The molecule has 0 radical (unpaired) electrons. The van der Waals surface area contributed by atoms with E-state index in [4.69, 9.17) is 10.00 Å². The number of nitrogens with zero attached hydrogens (tertiary/aromatic N) is 1. The molecule has 3 nitrogen and oxygen atoms in total. The van der Waals surface area contributed by atoms with Crippen molar-refractivity contribution >= 4 is 10.8 Å². The van der Waals surface area contributed by atoms with Gasteiger partial charge in [0.25, 0.3) is 0 Å². The molecule has 0 unspecified atom stereocenters. The molecule has 0 aliphatic rings. The minimum Gasteiger partial charge on any atom is -0.496 e. The molecule has 3 heteroatoms. The van der Waals surface area contributed by atoms with E-state index >= 15 is 0 Å². The molecule has 0 fully saturated rings. The number of methoxy groups -OCH3 is 1. The van der Waals surface area contributed by atoms with E-state index in [1.807, 2.05) is 32.0 Å². The Bertz CT molecular complexity index is 641. The molecule has 0 saturated carbocycles. The highest BCUT2D eigenvalue weighted by Gasteiger charge is 2.16. The Morgan fingerprint density at radius 2 is 1.95 bits per heavy atom. The number of rotatable bonds is 5. The van der Waals surface area contributed by atoms with E-state index in [1.54, 1.807) is 7.11 Å². The lowest BCUT2D eigenvalue weighted by molar-refractivity contribution is 0.403. The maximum atomic E-state index is 9.05. The highest BCUT2D eigenvalue weighted by atomic mass is 16.5. The van der Waals surface area contributed by atoms with E-state index in [2.05, 4.69) is 29.6 Å². The fourth-order valence-corrected chi connectivity index (χ4v) is 2.23. The number of benzene rings is 2. The van der Waals surface area contributed by atoms with Crippen molar-refractivity contribution in [2.75, 3.05) is 13.7 Å². The number of ether oxygens (including phenoxy) is 1. The van der Waals surface area contributed by atoms with Gasteiger partial charge in [0.1, 0.15) is 5.75 Å². The summed E-state index contributed by atoms with van der Waals surface area (Å²) in [6, 6.07) is 14.6. The lowest BCUT2D eigenvalue weighted by Gasteiger charge is -2.18. The third kappa shape index (κ3) is 3.09. The van der Waals surface area contributed by atoms with Gasteiger partial charge in [0.05, 0.1) is 18.6 Å². The Morgan fingerprint density at radius 3 is 2.65 bits per heavy atom. The van der Waals surface area contributed by atoms with E-state index in [-0.39, 0.29) is 5.41 Å². The van der Waals surface area contributed by atoms with Crippen molar-refractivity contribution in [3.63, 3.8) is 0 Å². The molecule has 2 aromatic rings. The first-order valence-electron chi connectivity index (χ1n) is 6.74. The average Bonchev–Trinajstić information content (AvgIpc) is 2.47. The molecule has 20 heavy (non-hydrogen) atoms. The normalized spacial score (nSPS) is 11.3. The van der Waals surface area contributed by atoms with Gasteiger partial charge in [0.2, 0.25) is 0 Å². The Balaban J connectivity index is 2.26. The molecule has 2 rings (SSSR count). The summed E-state index contributed by atoms with van der Waals surface area (Å²) < 4.78 is 5.46. The summed E-state index contributed by atoms with van der Waals surface area (Å²) in [6.07, 6.45) is 0. The van der Waals surface area contributed by atoms with Gasteiger partial charge in [-0.3, -0.25) is 0 Å². The van der Waals surface area contributed by atoms with Crippen molar-refractivity contribution < 1.29 is 4.74 Å². The second-order valence-electron chi connectivity index (χ2n) is 5.57. The standard InChI is InChI=1S/C17H20N2O/c1-17(2,11-18)12-19-10-15-14-7-5-4-6-13(14)8-9-16(15)20-3/h4-9,19H,10,12H2,1-3H3. The van der Waals surface area contributed by atoms with Crippen molar-refractivity contribution in [1.29, 1.82) is 5.26 Å². The van der Waals surface area contributed by atoms with Crippen LogP contribution in [-0.2, 0) is 6.54 Å². The topological polar surface area (TPSA) is 45.0 Å². The van der Waals surface area contributed by atoms with Gasteiger partial charge in [-0.1, -0.05) is 30.3 Å². The Morgan fingerprint density at radius 1 is 1.20 bits per heavy atom. The second kappa shape index (κ2) is 5.94. The molecular formula is C17H20N2O. The molecule has 0 atom stereocenters. The highest BCUT2D eigenvalue weighted by molar-refractivity contribution is 5.87. The lowest BCUT2D eigenvalue weighted by Crippen LogP contribution is -2.27. The quantitative estimate of drug-likeness (QED) is 0.902. The van der Waals surface area contributed by atoms with Crippen LogP contribution >= 0.6 is 0 Å². The van der Waals surface area contributed by atoms with Crippen LogP contribution in [0.1, 0.15) is 19.4 Å². The molecule has 0 aliphatic carbocycles. The van der Waals surface area contributed by atoms with E-state index in [0.29, 0.717) is 13.1 Å². The zero-order valence-electron chi connectivity index (χ0n) is 12.2. The Labute approximate surface area is 120 Å². The largest absolute Gasteiger partial charge is 0.496 e. The van der Waals surface area contributed by atoms with Gasteiger partial charge in [-0.25, -0.2) is 0 Å². The summed E-state index contributed by atoms with van der Waals surface area (Å²) in [6.45, 7) is 5.20. The number of nitrogens with one attached hydrogen (secondary N) is 1. The predicted octanol–water partition coefficient (Wildman–Crippen LogP) is 3.49. The average molecular weight is 268 g/mol. The van der Waals surface area contributed by atoms with Gasteiger partial charge in [0, 0.05) is 18.7 Å². The first kappa shape index (κ1) is 14.4. The molecule has 0 spiro atoms. The second-order valence-corrected chi connectivity index (χ2v) is 5.57. The van der Waals surface area contributed by atoms with E-state index in [1.165, 1.54) is 10.8 Å². The van der Waals surface area contributed by atoms with Crippen molar-refractivity contribution in [2.24, 2.45) is 5.41 Å². The predicted molar refractivity (Wildman–Crippen MR) is 81.6 cm³/mol. The highest BCUT2D eigenvalue weighted by Crippen LogP contribution is 2.28. The van der Waals surface area contributed by atoms with Crippen LogP contribution < -0.4 is 10.1 Å². The van der Waals surface area contributed by atoms with Gasteiger partial charge in [-0.2, -0.15) is 5.26 Å². The lowest BCUT2D eigenvalue weighted by atomic mass is 9.95. The number of hydrogen-bond donors (Lipinski definition) is 1. The van der Waals surface area contributed by atoms with Crippen molar-refractivity contribution in [3.8, 4) is 11.8 Å². The van der Waals surface area contributed by atoms with Crippen LogP contribution in [0.3, 0.4) is 0 Å². The summed E-state index contributed by atoms with van der Waals surface area (Å²) in [7, 11) is 1.69. The number of nitriles is 1. The molecule has 2 aromatic carbocycles.